The maximum absolute atomic E-state index is 13.0. The molecule has 0 fully saturated rings. The molecule has 1 atom stereocenters. The van der Waals surface area contributed by atoms with Crippen LogP contribution in [-0.2, 0) is 0 Å². The third kappa shape index (κ3) is 3.84. The van der Waals surface area contributed by atoms with Crippen LogP contribution in [0.5, 0.6) is 0 Å². The van der Waals surface area contributed by atoms with Crippen LogP contribution in [0.1, 0.15) is 40.5 Å². The summed E-state index contributed by atoms with van der Waals surface area (Å²) in [5, 5.41) is 11.4. The van der Waals surface area contributed by atoms with Crippen LogP contribution >= 0.6 is 11.6 Å². The largest absolute Gasteiger partial charge is 0.360 e. The van der Waals surface area contributed by atoms with Gasteiger partial charge in [0.05, 0.1) is 5.02 Å². The van der Waals surface area contributed by atoms with Crippen LogP contribution in [0.3, 0.4) is 0 Å². The van der Waals surface area contributed by atoms with Crippen molar-refractivity contribution in [2.45, 2.75) is 26.8 Å². The Morgan fingerprint density at radius 1 is 1.07 bits per heavy atom. The van der Waals surface area contributed by atoms with Crippen LogP contribution in [0.25, 0.3) is 22.6 Å². The molecule has 0 radical (unpaired) electrons. The lowest BCUT2D eigenvalue weighted by Crippen LogP contribution is -2.27. The van der Waals surface area contributed by atoms with E-state index in [4.69, 9.17) is 20.6 Å². The molecule has 0 spiro atoms. The highest BCUT2D eigenvalue weighted by atomic mass is 35.5. The van der Waals surface area contributed by atoms with Crippen LogP contribution in [0.4, 0.5) is 0 Å². The third-order valence-electron chi connectivity index (χ3n) is 4.65. The average Bonchev–Trinajstić information content (AvgIpc) is 3.35. The first-order chi connectivity index (χ1) is 14.4. The van der Waals surface area contributed by atoms with Gasteiger partial charge in [0, 0.05) is 11.1 Å². The molecule has 1 amide bonds. The van der Waals surface area contributed by atoms with E-state index in [1.165, 1.54) is 0 Å². The van der Waals surface area contributed by atoms with Gasteiger partial charge in [-0.2, -0.15) is 4.98 Å². The van der Waals surface area contributed by atoms with E-state index in [2.05, 4.69) is 20.6 Å². The molecular weight excluding hydrogens is 404 g/mol. The van der Waals surface area contributed by atoms with Crippen molar-refractivity contribution in [3.05, 3.63) is 76.3 Å². The third-order valence-corrected chi connectivity index (χ3v) is 4.98. The standard InChI is InChI=1S/C22H19ClN4O3/c1-12-7-6-8-15(11-12)20-25-22(30-27-20)13(2)24-21(28)18-14(3)29-26-19(18)16-9-4-5-10-17(16)23/h4-11,13H,1-3H3,(H,24,28)/t13-/m0/s1. The highest BCUT2D eigenvalue weighted by Crippen LogP contribution is 2.31. The normalized spacial score (nSPS) is 12.0. The van der Waals surface area contributed by atoms with Crippen molar-refractivity contribution in [3.63, 3.8) is 0 Å². The molecule has 30 heavy (non-hydrogen) atoms. The zero-order valence-electron chi connectivity index (χ0n) is 16.6. The van der Waals surface area contributed by atoms with Crippen LogP contribution < -0.4 is 5.32 Å². The highest BCUT2D eigenvalue weighted by Gasteiger charge is 2.26. The molecule has 0 saturated carbocycles. The second-order valence-electron chi connectivity index (χ2n) is 6.96. The van der Waals surface area contributed by atoms with E-state index in [0.717, 1.165) is 11.1 Å². The van der Waals surface area contributed by atoms with Crippen molar-refractivity contribution in [2.75, 3.05) is 0 Å². The van der Waals surface area contributed by atoms with Gasteiger partial charge in [-0.15, -0.1) is 0 Å². The summed E-state index contributed by atoms with van der Waals surface area (Å²) in [5.74, 6) is 0.785. The lowest BCUT2D eigenvalue weighted by Gasteiger charge is -2.10. The minimum Gasteiger partial charge on any atom is -0.360 e. The van der Waals surface area contributed by atoms with Crippen LogP contribution in [0.2, 0.25) is 5.02 Å². The predicted molar refractivity (Wildman–Crippen MR) is 112 cm³/mol. The van der Waals surface area contributed by atoms with E-state index in [1.54, 1.807) is 26.0 Å². The Labute approximate surface area is 178 Å². The number of rotatable bonds is 5. The first-order valence-corrected chi connectivity index (χ1v) is 9.74. The molecule has 1 N–H and O–H groups in total. The van der Waals surface area contributed by atoms with E-state index >= 15 is 0 Å². The molecule has 0 aliphatic heterocycles. The molecule has 8 heteroatoms. The molecule has 0 unspecified atom stereocenters. The lowest BCUT2D eigenvalue weighted by atomic mass is 10.1. The van der Waals surface area contributed by atoms with E-state index in [0.29, 0.717) is 39.3 Å². The van der Waals surface area contributed by atoms with Gasteiger partial charge >= 0.3 is 0 Å². The Morgan fingerprint density at radius 2 is 1.87 bits per heavy atom. The molecule has 0 aliphatic carbocycles. The second kappa shape index (κ2) is 8.12. The summed E-state index contributed by atoms with van der Waals surface area (Å²) in [6, 6.07) is 14.4. The molecule has 7 nitrogen and oxygen atoms in total. The fourth-order valence-corrected chi connectivity index (χ4v) is 3.34. The first-order valence-electron chi connectivity index (χ1n) is 9.36. The number of nitrogens with one attached hydrogen (secondary N) is 1. The molecule has 0 saturated heterocycles. The summed E-state index contributed by atoms with van der Waals surface area (Å²) in [4.78, 5) is 17.4. The Bertz CT molecular complexity index is 1210. The number of aryl methyl sites for hydroxylation is 2. The number of hydrogen-bond donors (Lipinski definition) is 1. The molecule has 0 bridgehead atoms. The number of carbonyl (C=O) groups excluding carboxylic acids is 1. The minimum absolute atomic E-state index is 0.299. The smallest absolute Gasteiger partial charge is 0.257 e. The Hall–Kier alpha value is -3.45. The number of benzene rings is 2. The van der Waals surface area contributed by atoms with Gasteiger partial charge in [-0.1, -0.05) is 63.9 Å². The quantitative estimate of drug-likeness (QED) is 0.477. The minimum atomic E-state index is -0.517. The fraction of sp³-hybridized carbons (Fsp3) is 0.182. The van der Waals surface area contributed by atoms with Gasteiger partial charge in [0.15, 0.2) is 0 Å². The van der Waals surface area contributed by atoms with Crippen molar-refractivity contribution >= 4 is 17.5 Å². The maximum atomic E-state index is 13.0. The summed E-state index contributed by atoms with van der Waals surface area (Å²) in [5.41, 5.74) is 3.25. The Kier molecular flexibility index (Phi) is 5.37. The van der Waals surface area contributed by atoms with Crippen LogP contribution in [-0.4, -0.2) is 21.2 Å². The van der Waals surface area contributed by atoms with Crippen LogP contribution in [0, 0.1) is 13.8 Å². The summed E-state index contributed by atoms with van der Waals surface area (Å²) >= 11 is 6.27. The molecule has 4 aromatic rings. The number of hydrogen-bond acceptors (Lipinski definition) is 6. The molecule has 0 aliphatic rings. The summed E-state index contributed by atoms with van der Waals surface area (Å²) < 4.78 is 10.6. The molecule has 2 heterocycles. The van der Waals surface area contributed by atoms with E-state index < -0.39 is 6.04 Å². The van der Waals surface area contributed by atoms with Crippen molar-refractivity contribution in [1.29, 1.82) is 0 Å². The summed E-state index contributed by atoms with van der Waals surface area (Å²) in [6.45, 7) is 5.43. The van der Waals surface area contributed by atoms with Crippen molar-refractivity contribution in [2.24, 2.45) is 0 Å². The Balaban J connectivity index is 1.57. The number of amides is 1. The average molecular weight is 423 g/mol. The van der Waals surface area contributed by atoms with E-state index in [-0.39, 0.29) is 5.91 Å². The van der Waals surface area contributed by atoms with Gasteiger partial charge in [0.25, 0.3) is 5.91 Å². The van der Waals surface area contributed by atoms with Gasteiger partial charge in [-0.25, -0.2) is 0 Å². The molecule has 4 rings (SSSR count). The van der Waals surface area contributed by atoms with Gasteiger partial charge in [0.1, 0.15) is 23.1 Å². The summed E-state index contributed by atoms with van der Waals surface area (Å²) in [6.07, 6.45) is 0. The first kappa shape index (κ1) is 19.8. The number of carbonyl (C=O) groups is 1. The monoisotopic (exact) mass is 422 g/mol. The van der Waals surface area contributed by atoms with Gasteiger partial charge in [-0.05, 0) is 32.9 Å². The second-order valence-corrected chi connectivity index (χ2v) is 7.37. The molecular formula is C22H19ClN4O3. The fourth-order valence-electron chi connectivity index (χ4n) is 3.12. The van der Waals surface area contributed by atoms with Gasteiger partial charge in [0.2, 0.25) is 11.7 Å². The van der Waals surface area contributed by atoms with E-state index in [1.807, 2.05) is 43.3 Å². The van der Waals surface area contributed by atoms with Crippen molar-refractivity contribution in [3.8, 4) is 22.6 Å². The zero-order valence-corrected chi connectivity index (χ0v) is 17.4. The van der Waals surface area contributed by atoms with Crippen molar-refractivity contribution < 1.29 is 13.8 Å². The van der Waals surface area contributed by atoms with Crippen molar-refractivity contribution in [1.82, 2.24) is 20.6 Å². The lowest BCUT2D eigenvalue weighted by molar-refractivity contribution is 0.0931. The summed E-state index contributed by atoms with van der Waals surface area (Å²) in [7, 11) is 0. The number of nitrogens with zero attached hydrogens (tertiary/aromatic N) is 3. The SMILES string of the molecule is Cc1cccc(-c2noc([C@H](C)NC(=O)c3c(-c4ccccc4Cl)noc3C)n2)c1. The van der Waals surface area contributed by atoms with Crippen LogP contribution in [0.15, 0.2) is 57.6 Å². The molecule has 2 aromatic heterocycles. The number of halogens is 1. The highest BCUT2D eigenvalue weighted by molar-refractivity contribution is 6.33. The van der Waals surface area contributed by atoms with Gasteiger partial charge in [-0.3, -0.25) is 4.79 Å². The predicted octanol–water partition coefficient (Wildman–Crippen LogP) is 5.15. The zero-order chi connectivity index (χ0) is 21.3. The van der Waals surface area contributed by atoms with E-state index in [9.17, 15) is 4.79 Å². The maximum Gasteiger partial charge on any atom is 0.257 e. The number of aromatic nitrogens is 3. The van der Waals surface area contributed by atoms with Gasteiger partial charge < -0.3 is 14.4 Å². The molecule has 2 aromatic carbocycles. The Morgan fingerprint density at radius 3 is 2.63 bits per heavy atom. The molecule has 152 valence electrons. The topological polar surface area (TPSA) is 94.1 Å².